The van der Waals surface area contributed by atoms with Gasteiger partial charge in [0.15, 0.2) is 0 Å². The van der Waals surface area contributed by atoms with E-state index in [1.165, 1.54) is 0 Å². The van der Waals surface area contributed by atoms with Crippen LogP contribution in [-0.4, -0.2) is 36.6 Å². The maximum Gasteiger partial charge on any atom is -0.412 e. The number of benzene rings is 4. The van der Waals surface area contributed by atoms with Crippen LogP contribution in [0.25, 0.3) is 0 Å². The predicted octanol–water partition coefficient (Wildman–Crippen LogP) is 7.95. The van der Waals surface area contributed by atoms with Crippen LogP contribution >= 0.6 is 0 Å². The van der Waals surface area contributed by atoms with Crippen LogP contribution in [0, 0.1) is 0 Å². The third kappa shape index (κ3) is 8.79. The van der Waals surface area contributed by atoms with Crippen LogP contribution in [0.1, 0.15) is 73.6 Å². The van der Waals surface area contributed by atoms with Gasteiger partial charge in [0.1, 0.15) is 0 Å². The fraction of sp³-hybridized carbons (Fsp3) is 0.278. The standard InChI is InChI=1S/2C14H12O2.2C4H9.H2O.Sn/c2*15-14(16)13(11-7-3-1-4-8-11)12-9-5-2-6-10-12;2*1-3-4-2;;/h2*1-10,13H,(H,15,16);2*1,3-4H2,2H3;1H2;/q;;;;;+2/p-2. The van der Waals surface area contributed by atoms with E-state index in [2.05, 4.69) is 13.8 Å². The van der Waals surface area contributed by atoms with Crippen molar-refractivity contribution >= 4 is 31.1 Å². The molecule has 0 amide bonds. The second-order valence-corrected chi connectivity index (χ2v) is 19.7. The first-order chi connectivity index (χ1) is 20.1. The van der Waals surface area contributed by atoms with E-state index in [9.17, 15) is 9.59 Å². The van der Waals surface area contributed by atoms with Crippen molar-refractivity contribution in [2.24, 2.45) is 0 Å². The first-order valence-corrected chi connectivity index (χ1v) is 21.1. The van der Waals surface area contributed by atoms with Gasteiger partial charge in [-0.25, -0.2) is 0 Å². The molecule has 0 saturated carbocycles. The fourth-order valence-electron chi connectivity index (χ4n) is 5.24. The zero-order valence-electron chi connectivity index (χ0n) is 24.6. The Bertz CT molecular complexity index is 1160. The number of unbranched alkanes of at least 4 members (excludes halogenated alkanes) is 2. The van der Waals surface area contributed by atoms with Crippen LogP contribution in [0.3, 0.4) is 0 Å². The average molecular weight is 673 g/mol. The normalized spacial score (nSPS) is 11.1. The van der Waals surface area contributed by atoms with Gasteiger partial charge in [0.05, 0.1) is 0 Å². The summed E-state index contributed by atoms with van der Waals surface area (Å²) in [4.78, 5) is 28.4. The van der Waals surface area contributed by atoms with Gasteiger partial charge in [0.25, 0.3) is 0 Å². The van der Waals surface area contributed by atoms with E-state index in [-0.39, 0.29) is 17.4 Å². The largest absolute Gasteiger partial charge is 0.412 e. The molecule has 0 spiro atoms. The second-order valence-electron chi connectivity index (χ2n) is 10.5. The maximum atomic E-state index is 14.2. The summed E-state index contributed by atoms with van der Waals surface area (Å²) in [5.74, 6) is -1.83. The summed E-state index contributed by atoms with van der Waals surface area (Å²) in [7, 11) is 0. The Morgan fingerprint density at radius 2 is 0.786 bits per heavy atom. The summed E-state index contributed by atoms with van der Waals surface area (Å²) in [6, 6.07) is 38.9. The predicted molar refractivity (Wildman–Crippen MR) is 170 cm³/mol. The Labute approximate surface area is 255 Å². The fourth-order valence-corrected chi connectivity index (χ4v) is 15.1. The number of carbonyl (C=O) groups is 2. The zero-order chi connectivity index (χ0) is 28.9. The van der Waals surface area contributed by atoms with Gasteiger partial charge in [-0.15, -0.1) is 0 Å². The number of carbonyl (C=O) groups excluding carboxylic acids is 2. The Balaban J connectivity index is 0.00000484. The smallest absolute Gasteiger partial charge is 0.412 e. The van der Waals surface area contributed by atoms with Gasteiger partial charge in [0, 0.05) is 0 Å². The number of rotatable bonds is 14. The molecule has 4 aromatic carbocycles. The van der Waals surface area contributed by atoms with Crippen molar-refractivity contribution in [2.45, 2.75) is 60.2 Å². The Kier molecular flexibility index (Phi) is 13.3. The monoisotopic (exact) mass is 674 g/mol. The molecule has 6 heteroatoms. The molecule has 0 unspecified atom stereocenters. The Morgan fingerprint density at radius 1 is 0.524 bits per heavy atom. The SMILES string of the molecule is CCC[CH2][Sn]([CH2]CCC)([O]C(=O)C(c1ccccc1)c1ccccc1)[O]C(=O)C(c1ccccc1)c1ccccc1.O. The van der Waals surface area contributed by atoms with Crippen LogP contribution in [0.5, 0.6) is 0 Å². The molecular weight excluding hydrogens is 631 g/mol. The molecular formula is C36H42O5Sn. The molecule has 2 N–H and O–H groups in total. The van der Waals surface area contributed by atoms with Crippen LogP contribution < -0.4 is 0 Å². The van der Waals surface area contributed by atoms with Crippen molar-refractivity contribution < 1.29 is 21.2 Å². The van der Waals surface area contributed by atoms with Crippen molar-refractivity contribution in [3.63, 3.8) is 0 Å². The molecule has 0 radical (unpaired) electrons. The van der Waals surface area contributed by atoms with Gasteiger partial charge in [-0.05, 0) is 0 Å². The van der Waals surface area contributed by atoms with Crippen LogP contribution in [0.4, 0.5) is 0 Å². The van der Waals surface area contributed by atoms with Crippen molar-refractivity contribution in [3.05, 3.63) is 144 Å². The molecule has 0 aliphatic rings. The van der Waals surface area contributed by atoms with E-state index >= 15 is 0 Å². The van der Waals surface area contributed by atoms with E-state index in [1.807, 2.05) is 121 Å². The molecule has 5 nitrogen and oxygen atoms in total. The summed E-state index contributed by atoms with van der Waals surface area (Å²) in [5, 5.41) is 0. The minimum atomic E-state index is -4.32. The van der Waals surface area contributed by atoms with Crippen LogP contribution in [0.2, 0.25) is 8.87 Å². The van der Waals surface area contributed by atoms with E-state index in [1.54, 1.807) is 0 Å². The molecule has 0 heterocycles. The van der Waals surface area contributed by atoms with Crippen LogP contribution in [-0.2, 0) is 15.7 Å². The van der Waals surface area contributed by atoms with Gasteiger partial charge in [-0.1, -0.05) is 0 Å². The minimum Gasteiger partial charge on any atom is -0.412 e. The van der Waals surface area contributed by atoms with Crippen molar-refractivity contribution in [1.29, 1.82) is 0 Å². The first-order valence-electron chi connectivity index (χ1n) is 14.7. The molecule has 0 aliphatic carbocycles. The van der Waals surface area contributed by atoms with Gasteiger partial charge in [0.2, 0.25) is 0 Å². The maximum absolute atomic E-state index is 14.2. The second kappa shape index (κ2) is 16.9. The van der Waals surface area contributed by atoms with Crippen molar-refractivity contribution in [1.82, 2.24) is 0 Å². The van der Waals surface area contributed by atoms with E-state index in [0.717, 1.165) is 47.9 Å². The van der Waals surface area contributed by atoms with Crippen LogP contribution in [0.15, 0.2) is 121 Å². The quantitative estimate of drug-likeness (QED) is 0.127. The van der Waals surface area contributed by atoms with Gasteiger partial charge < -0.3 is 5.48 Å². The molecule has 42 heavy (non-hydrogen) atoms. The average Bonchev–Trinajstić information content (AvgIpc) is 3.01. The topological polar surface area (TPSA) is 84.1 Å². The summed E-state index contributed by atoms with van der Waals surface area (Å²) < 4.78 is 14.6. The number of hydrogen-bond acceptors (Lipinski definition) is 4. The number of hydrogen-bond donors (Lipinski definition) is 0. The van der Waals surface area contributed by atoms with Crippen molar-refractivity contribution in [2.75, 3.05) is 0 Å². The molecule has 0 saturated heterocycles. The molecule has 0 atom stereocenters. The summed E-state index contributed by atoms with van der Waals surface area (Å²) in [6.45, 7) is 4.24. The molecule has 0 aromatic heterocycles. The molecule has 4 rings (SSSR count). The van der Waals surface area contributed by atoms with E-state index in [4.69, 9.17) is 6.15 Å². The molecule has 0 bridgehead atoms. The van der Waals surface area contributed by atoms with E-state index in [0.29, 0.717) is 8.87 Å². The third-order valence-electron chi connectivity index (χ3n) is 7.40. The van der Waals surface area contributed by atoms with Crippen molar-refractivity contribution in [3.8, 4) is 0 Å². The molecule has 220 valence electrons. The summed E-state index contributed by atoms with van der Waals surface area (Å²) in [6.07, 6.45) is 3.56. The minimum absolute atomic E-state index is 0. The molecule has 0 fully saturated rings. The summed E-state index contributed by atoms with van der Waals surface area (Å²) in [5.41, 5.74) is 3.47. The molecule has 4 aromatic rings. The van der Waals surface area contributed by atoms with E-state index < -0.39 is 31.0 Å². The first kappa shape index (κ1) is 33.1. The Hall–Kier alpha value is -3.42. The third-order valence-corrected chi connectivity index (χ3v) is 17.0. The van der Waals surface area contributed by atoms with Gasteiger partial charge >= 0.3 is 251 Å². The Morgan fingerprint density at radius 3 is 1.02 bits per heavy atom. The van der Waals surface area contributed by atoms with Gasteiger partial charge in [-0.3, -0.25) is 0 Å². The molecule has 0 aliphatic heterocycles. The van der Waals surface area contributed by atoms with Gasteiger partial charge in [-0.2, -0.15) is 0 Å². The zero-order valence-corrected chi connectivity index (χ0v) is 27.4. The summed E-state index contributed by atoms with van der Waals surface area (Å²) >= 11 is -4.32.